The number of alkyl halides is 1. The number of anilines is 1. The minimum Gasteiger partial charge on any atom is -0.508 e. The average molecular weight is 620 g/mol. The fraction of sp³-hybridized carbons (Fsp3) is 0.588. The predicted octanol–water partition coefficient (Wildman–Crippen LogP) is 5.21. The van der Waals surface area contributed by atoms with Crippen LogP contribution in [0.3, 0.4) is 0 Å². The van der Waals surface area contributed by atoms with Crippen molar-refractivity contribution in [2.24, 2.45) is 0 Å². The van der Waals surface area contributed by atoms with Crippen molar-refractivity contribution in [3.8, 4) is 34.4 Å². The van der Waals surface area contributed by atoms with Crippen LogP contribution in [-0.4, -0.2) is 83.3 Å². The molecule has 11 heteroatoms. The quantitative estimate of drug-likeness (QED) is 0.400. The van der Waals surface area contributed by atoms with E-state index in [1.807, 2.05) is 0 Å². The van der Waals surface area contributed by atoms with E-state index in [4.69, 9.17) is 24.2 Å². The fourth-order valence-electron chi connectivity index (χ4n) is 9.25. The number of hydrogen-bond donors (Lipinski definition) is 2. The van der Waals surface area contributed by atoms with E-state index in [0.717, 1.165) is 75.7 Å². The second-order valence-corrected chi connectivity index (χ2v) is 14.1. The Balaban J connectivity index is 1.23. The van der Waals surface area contributed by atoms with Gasteiger partial charge in [-0.05, 0) is 86.2 Å². The van der Waals surface area contributed by atoms with E-state index in [9.17, 15) is 9.50 Å². The third-order valence-electron chi connectivity index (χ3n) is 11.2. The standard InChI is InChI=1S/C34H39F2N5O4/c1-18-4-2-5-19-10-23(42)11-24(25(18)19)26-28(36)29-27(31-30(26)44-17-45-31)32(40-14-21-6-7-22(15-40)37-21)39-33(38-29)43-16-34-8-3-9-41(34)13-20(35)12-34/h10-11,18,20-22,37,42H,2-9,12-17H2,1H3/t18?,20-,21-,22+,34+/m1/s1. The normalized spacial score (nSPS) is 30.2. The van der Waals surface area contributed by atoms with E-state index in [2.05, 4.69) is 22.0 Å². The lowest BCUT2D eigenvalue weighted by atomic mass is 9.79. The van der Waals surface area contributed by atoms with E-state index in [1.165, 1.54) is 0 Å². The summed E-state index contributed by atoms with van der Waals surface area (Å²) in [5.41, 5.74) is 2.65. The summed E-state index contributed by atoms with van der Waals surface area (Å²) in [4.78, 5) is 14.1. The Kier molecular flexibility index (Phi) is 6.36. The molecule has 1 unspecified atom stereocenters. The summed E-state index contributed by atoms with van der Waals surface area (Å²) in [6.07, 6.45) is 6.37. The summed E-state index contributed by atoms with van der Waals surface area (Å²) in [5, 5.41) is 14.9. The number of hydrogen-bond acceptors (Lipinski definition) is 9. The van der Waals surface area contributed by atoms with Gasteiger partial charge in [-0.25, -0.2) is 8.78 Å². The fourth-order valence-corrected chi connectivity index (χ4v) is 9.25. The number of piperazine rings is 1. The molecule has 6 heterocycles. The topological polar surface area (TPSA) is 92.2 Å². The molecule has 9 nitrogen and oxygen atoms in total. The summed E-state index contributed by atoms with van der Waals surface area (Å²) in [5.74, 6) is 1.05. The number of aryl methyl sites for hydroxylation is 1. The predicted molar refractivity (Wildman–Crippen MR) is 165 cm³/mol. The van der Waals surface area contributed by atoms with Crippen LogP contribution >= 0.6 is 0 Å². The van der Waals surface area contributed by atoms with Gasteiger partial charge >= 0.3 is 6.01 Å². The number of phenolic OH excluding ortho intramolecular Hbond substituents is 1. The molecule has 3 aromatic rings. The third kappa shape index (κ3) is 4.36. The van der Waals surface area contributed by atoms with E-state index in [-0.39, 0.29) is 47.7 Å². The molecule has 2 N–H and O–H groups in total. The van der Waals surface area contributed by atoms with Crippen molar-refractivity contribution in [3.63, 3.8) is 0 Å². The lowest BCUT2D eigenvalue weighted by Gasteiger charge is -2.35. The van der Waals surface area contributed by atoms with E-state index in [0.29, 0.717) is 53.3 Å². The van der Waals surface area contributed by atoms with Gasteiger partial charge in [0.2, 0.25) is 6.79 Å². The van der Waals surface area contributed by atoms with Gasteiger partial charge in [0.05, 0.1) is 16.5 Å². The smallest absolute Gasteiger partial charge is 0.319 e. The first-order chi connectivity index (χ1) is 21.9. The maximum absolute atomic E-state index is 17.3. The van der Waals surface area contributed by atoms with Crippen molar-refractivity contribution >= 4 is 16.7 Å². The Morgan fingerprint density at radius 3 is 2.76 bits per heavy atom. The van der Waals surface area contributed by atoms with Crippen LogP contribution in [0.2, 0.25) is 0 Å². The van der Waals surface area contributed by atoms with Crippen LogP contribution < -0.4 is 24.4 Å². The zero-order valence-electron chi connectivity index (χ0n) is 25.6. The second-order valence-electron chi connectivity index (χ2n) is 14.1. The zero-order chi connectivity index (χ0) is 30.4. The Bertz CT molecular complexity index is 1690. The minimum absolute atomic E-state index is 0.0509. The molecular formula is C34H39F2N5O4. The first-order valence-corrected chi connectivity index (χ1v) is 16.6. The van der Waals surface area contributed by atoms with E-state index >= 15 is 4.39 Å². The molecule has 0 spiro atoms. The van der Waals surface area contributed by atoms with Gasteiger partial charge in [0.1, 0.15) is 29.9 Å². The van der Waals surface area contributed by atoms with Crippen molar-refractivity contribution in [2.45, 2.75) is 88.0 Å². The van der Waals surface area contributed by atoms with Crippen molar-refractivity contribution in [3.05, 3.63) is 29.1 Å². The summed E-state index contributed by atoms with van der Waals surface area (Å²) in [6.45, 7) is 5.07. The average Bonchev–Trinajstić information content (AvgIpc) is 3.79. The monoisotopic (exact) mass is 619 g/mol. The number of phenols is 1. The number of aromatic nitrogens is 2. The van der Waals surface area contributed by atoms with E-state index < -0.39 is 12.0 Å². The molecule has 5 atom stereocenters. The molecule has 4 saturated heterocycles. The van der Waals surface area contributed by atoms with E-state index in [1.54, 1.807) is 12.1 Å². The third-order valence-corrected chi connectivity index (χ3v) is 11.2. The highest BCUT2D eigenvalue weighted by Gasteiger charge is 2.49. The molecule has 1 aromatic heterocycles. The van der Waals surface area contributed by atoms with Gasteiger partial charge in [0, 0.05) is 38.1 Å². The molecule has 4 fully saturated rings. The molecule has 0 saturated carbocycles. The summed E-state index contributed by atoms with van der Waals surface area (Å²) in [7, 11) is 0. The molecule has 6 aliphatic rings. The van der Waals surface area contributed by atoms with Gasteiger partial charge in [-0.2, -0.15) is 9.97 Å². The van der Waals surface area contributed by atoms with Crippen LogP contribution in [0.5, 0.6) is 23.3 Å². The van der Waals surface area contributed by atoms with Crippen LogP contribution in [-0.2, 0) is 6.42 Å². The molecule has 5 aliphatic heterocycles. The van der Waals surface area contributed by atoms with Crippen LogP contribution in [0, 0.1) is 5.82 Å². The number of ether oxygens (including phenoxy) is 3. The maximum Gasteiger partial charge on any atom is 0.319 e. The largest absolute Gasteiger partial charge is 0.508 e. The number of halogens is 2. The van der Waals surface area contributed by atoms with Crippen molar-refractivity contribution in [1.29, 1.82) is 0 Å². The molecule has 238 valence electrons. The Hall–Kier alpha value is -3.44. The van der Waals surface area contributed by atoms with Crippen LogP contribution in [0.4, 0.5) is 14.6 Å². The molecule has 0 amide bonds. The first kappa shape index (κ1) is 27.8. The number of benzene rings is 2. The Morgan fingerprint density at radius 1 is 1.09 bits per heavy atom. The van der Waals surface area contributed by atoms with Crippen molar-refractivity contribution in [1.82, 2.24) is 20.2 Å². The first-order valence-electron chi connectivity index (χ1n) is 16.6. The number of rotatable bonds is 5. The summed E-state index contributed by atoms with van der Waals surface area (Å²) < 4.78 is 50.3. The number of fused-ring (bicyclic) bond motifs is 7. The Labute approximate surface area is 260 Å². The minimum atomic E-state index is -0.881. The van der Waals surface area contributed by atoms with Crippen LogP contribution in [0.1, 0.15) is 68.9 Å². The molecule has 2 aromatic carbocycles. The highest BCUT2D eigenvalue weighted by molar-refractivity contribution is 6.03. The van der Waals surface area contributed by atoms with Crippen molar-refractivity contribution < 1.29 is 28.1 Å². The zero-order valence-corrected chi connectivity index (χ0v) is 25.6. The molecule has 9 rings (SSSR count). The van der Waals surface area contributed by atoms with Gasteiger partial charge in [0.25, 0.3) is 0 Å². The number of aromatic hydroxyl groups is 1. The number of nitrogens with one attached hydrogen (secondary N) is 1. The molecular weight excluding hydrogens is 580 g/mol. The lowest BCUT2D eigenvalue weighted by molar-refractivity contribution is 0.107. The molecule has 1 aliphatic carbocycles. The molecule has 0 radical (unpaired) electrons. The van der Waals surface area contributed by atoms with Gasteiger partial charge in [-0.1, -0.05) is 6.92 Å². The Morgan fingerprint density at radius 2 is 1.91 bits per heavy atom. The number of nitrogens with zero attached hydrogens (tertiary/aromatic N) is 4. The van der Waals surface area contributed by atoms with Gasteiger partial charge in [-0.15, -0.1) is 0 Å². The van der Waals surface area contributed by atoms with Gasteiger partial charge < -0.3 is 29.5 Å². The summed E-state index contributed by atoms with van der Waals surface area (Å²) >= 11 is 0. The van der Waals surface area contributed by atoms with Crippen molar-refractivity contribution in [2.75, 3.05) is 44.5 Å². The van der Waals surface area contributed by atoms with Gasteiger partial charge in [0.15, 0.2) is 17.3 Å². The maximum atomic E-state index is 17.3. The summed E-state index contributed by atoms with van der Waals surface area (Å²) in [6, 6.07) is 4.16. The highest BCUT2D eigenvalue weighted by Crippen LogP contribution is 2.54. The highest BCUT2D eigenvalue weighted by atomic mass is 19.1. The van der Waals surface area contributed by atoms with Crippen LogP contribution in [0.25, 0.3) is 22.0 Å². The SMILES string of the molecule is CC1CCCc2cc(O)cc(-c3c4c(c5c(N6C[C@H]7CC[C@@H](C6)N7)nc(OC[C@@]67CCCN6C[C@H](F)C7)nc5c3F)OCO4)c21. The second kappa shape index (κ2) is 10.3. The van der Waals surface area contributed by atoms with Crippen LogP contribution in [0.15, 0.2) is 12.1 Å². The molecule has 2 bridgehead atoms. The van der Waals surface area contributed by atoms with Gasteiger partial charge in [-0.3, -0.25) is 4.90 Å². The lowest BCUT2D eigenvalue weighted by Crippen LogP contribution is -2.51. The molecule has 45 heavy (non-hydrogen) atoms.